The molecule has 0 aliphatic carbocycles. The highest BCUT2D eigenvalue weighted by molar-refractivity contribution is 7.83. The highest BCUT2D eigenvalue weighted by atomic mass is 32.2. The number of allylic oxidation sites excluding steroid dienone is 2. The summed E-state index contributed by atoms with van der Waals surface area (Å²) in [6.07, 6.45) is 9.02. The molecule has 4 nitrogen and oxygen atoms in total. The first-order valence-electron chi connectivity index (χ1n) is 4.91. The minimum atomic E-state index is -4.24. The standard InChI is InChI=1S/C9H19NO3S/c1-2-3-4-5-6-7-8-9-10-14(11,12)13/h3-4,10H,2,5-9H2,1H3,(H,11,12,13)/p-1/b4-3+. The molecule has 0 aromatic heterocycles. The van der Waals surface area contributed by atoms with E-state index in [1.807, 2.05) is 4.72 Å². The molecule has 0 amide bonds. The molecule has 5 heteroatoms. The van der Waals surface area contributed by atoms with E-state index in [4.69, 9.17) is 0 Å². The quantitative estimate of drug-likeness (QED) is 0.383. The second-order valence-corrected chi connectivity index (χ2v) is 4.27. The third-order valence-electron chi connectivity index (χ3n) is 1.73. The monoisotopic (exact) mass is 220 g/mol. The van der Waals surface area contributed by atoms with Gasteiger partial charge in [0, 0.05) is 6.54 Å². The fraction of sp³-hybridized carbons (Fsp3) is 0.778. The summed E-state index contributed by atoms with van der Waals surface area (Å²) < 4.78 is 32.3. The van der Waals surface area contributed by atoms with Crippen LogP contribution in [0, 0.1) is 0 Å². The van der Waals surface area contributed by atoms with E-state index in [2.05, 4.69) is 19.1 Å². The van der Waals surface area contributed by atoms with Crippen molar-refractivity contribution in [1.82, 2.24) is 4.72 Å². The molecule has 0 atom stereocenters. The molecular formula is C9H18NO3S-. The van der Waals surface area contributed by atoms with Crippen LogP contribution in [0.3, 0.4) is 0 Å². The molecule has 0 aliphatic rings. The summed E-state index contributed by atoms with van der Waals surface area (Å²) in [4.78, 5) is 0. The lowest BCUT2D eigenvalue weighted by Gasteiger charge is -2.07. The summed E-state index contributed by atoms with van der Waals surface area (Å²) in [5.74, 6) is 0. The molecule has 0 aromatic carbocycles. The van der Waals surface area contributed by atoms with Crippen LogP contribution in [0.1, 0.15) is 39.0 Å². The number of rotatable bonds is 8. The van der Waals surface area contributed by atoms with Crippen molar-refractivity contribution in [2.75, 3.05) is 6.54 Å². The van der Waals surface area contributed by atoms with Crippen LogP contribution < -0.4 is 4.72 Å². The third kappa shape index (κ3) is 11.6. The van der Waals surface area contributed by atoms with Gasteiger partial charge < -0.3 is 4.55 Å². The molecule has 0 rings (SSSR count). The van der Waals surface area contributed by atoms with Gasteiger partial charge in [-0.05, 0) is 25.7 Å². The highest BCUT2D eigenvalue weighted by Gasteiger charge is 1.92. The van der Waals surface area contributed by atoms with E-state index < -0.39 is 10.3 Å². The largest absolute Gasteiger partial charge is 0.735 e. The van der Waals surface area contributed by atoms with Gasteiger partial charge in [-0.2, -0.15) is 0 Å². The second kappa shape index (κ2) is 7.96. The van der Waals surface area contributed by atoms with Crippen LogP contribution in [0.25, 0.3) is 0 Å². The molecule has 0 aromatic rings. The van der Waals surface area contributed by atoms with Gasteiger partial charge in [-0.25, -0.2) is 13.1 Å². The Labute approximate surface area is 86.3 Å². The highest BCUT2D eigenvalue weighted by Crippen LogP contribution is 2.00. The summed E-state index contributed by atoms with van der Waals surface area (Å²) in [6, 6.07) is 0. The fourth-order valence-corrected chi connectivity index (χ4v) is 1.44. The molecule has 0 heterocycles. The Hall–Kier alpha value is -0.390. The van der Waals surface area contributed by atoms with Crippen LogP contribution in [-0.4, -0.2) is 19.5 Å². The SMILES string of the molecule is CC/C=C/CCCCCNS(=O)(=O)[O-]. The van der Waals surface area contributed by atoms with E-state index >= 15 is 0 Å². The molecule has 0 radical (unpaired) electrons. The normalized spacial score (nSPS) is 12.4. The van der Waals surface area contributed by atoms with Gasteiger partial charge in [0.2, 0.25) is 0 Å². The molecular weight excluding hydrogens is 202 g/mol. The Morgan fingerprint density at radius 1 is 1.21 bits per heavy atom. The molecule has 0 saturated carbocycles. The number of hydrogen-bond acceptors (Lipinski definition) is 3. The average molecular weight is 220 g/mol. The Morgan fingerprint density at radius 3 is 2.50 bits per heavy atom. The lowest BCUT2D eigenvalue weighted by molar-refractivity contribution is 0.446. The average Bonchev–Trinajstić information content (AvgIpc) is 2.08. The van der Waals surface area contributed by atoms with Crippen LogP contribution >= 0.6 is 0 Å². The second-order valence-electron chi connectivity index (χ2n) is 3.08. The summed E-state index contributed by atoms with van der Waals surface area (Å²) >= 11 is 0. The van der Waals surface area contributed by atoms with Gasteiger partial charge in [0.15, 0.2) is 10.3 Å². The van der Waals surface area contributed by atoms with Crippen molar-refractivity contribution < 1.29 is 13.0 Å². The van der Waals surface area contributed by atoms with Gasteiger partial charge in [0.05, 0.1) is 0 Å². The summed E-state index contributed by atoms with van der Waals surface area (Å²) in [5.41, 5.74) is 0. The Morgan fingerprint density at radius 2 is 1.93 bits per heavy atom. The van der Waals surface area contributed by atoms with Crippen molar-refractivity contribution in [3.8, 4) is 0 Å². The van der Waals surface area contributed by atoms with Crippen LogP contribution in [0.2, 0.25) is 0 Å². The summed E-state index contributed by atoms with van der Waals surface area (Å²) in [6.45, 7) is 2.34. The molecule has 0 aliphatic heterocycles. The maximum absolute atomic E-state index is 10.1. The first kappa shape index (κ1) is 13.6. The minimum Gasteiger partial charge on any atom is -0.735 e. The molecule has 0 unspecified atom stereocenters. The van der Waals surface area contributed by atoms with Gasteiger partial charge >= 0.3 is 0 Å². The van der Waals surface area contributed by atoms with Crippen molar-refractivity contribution in [2.24, 2.45) is 0 Å². The minimum absolute atomic E-state index is 0.253. The maximum atomic E-state index is 10.1. The lowest BCUT2D eigenvalue weighted by atomic mass is 10.2. The Balaban J connectivity index is 3.19. The number of unbranched alkanes of at least 4 members (excludes halogenated alkanes) is 3. The van der Waals surface area contributed by atoms with Crippen LogP contribution in [0.4, 0.5) is 0 Å². The summed E-state index contributed by atoms with van der Waals surface area (Å²) in [7, 11) is -4.24. The maximum Gasteiger partial charge on any atom is 0.159 e. The number of hydrogen-bond donors (Lipinski definition) is 1. The van der Waals surface area contributed by atoms with E-state index in [0.717, 1.165) is 32.1 Å². The van der Waals surface area contributed by atoms with E-state index in [9.17, 15) is 13.0 Å². The van der Waals surface area contributed by atoms with Gasteiger partial charge in [0.1, 0.15) is 0 Å². The van der Waals surface area contributed by atoms with E-state index in [1.165, 1.54) is 0 Å². The topological polar surface area (TPSA) is 69.2 Å². The van der Waals surface area contributed by atoms with Gasteiger partial charge in [-0.3, -0.25) is 0 Å². The van der Waals surface area contributed by atoms with Gasteiger partial charge in [-0.1, -0.05) is 25.5 Å². The van der Waals surface area contributed by atoms with Crippen molar-refractivity contribution in [1.29, 1.82) is 0 Å². The summed E-state index contributed by atoms with van der Waals surface area (Å²) in [5, 5.41) is 0. The fourth-order valence-electron chi connectivity index (χ4n) is 1.05. The lowest BCUT2D eigenvalue weighted by Crippen LogP contribution is -2.23. The van der Waals surface area contributed by atoms with E-state index in [1.54, 1.807) is 0 Å². The van der Waals surface area contributed by atoms with Gasteiger partial charge in [0.25, 0.3) is 0 Å². The van der Waals surface area contributed by atoms with Crippen molar-refractivity contribution in [3.05, 3.63) is 12.2 Å². The van der Waals surface area contributed by atoms with Crippen molar-refractivity contribution in [2.45, 2.75) is 39.0 Å². The molecule has 1 N–H and O–H groups in total. The van der Waals surface area contributed by atoms with Crippen molar-refractivity contribution >= 4 is 10.3 Å². The van der Waals surface area contributed by atoms with E-state index in [-0.39, 0.29) is 6.54 Å². The molecule has 0 saturated heterocycles. The Bertz CT molecular complexity index is 247. The van der Waals surface area contributed by atoms with Crippen LogP contribution in [0.5, 0.6) is 0 Å². The molecule has 0 fully saturated rings. The zero-order valence-electron chi connectivity index (χ0n) is 8.53. The number of nitrogens with one attached hydrogen (secondary N) is 1. The molecule has 0 spiro atoms. The zero-order valence-corrected chi connectivity index (χ0v) is 9.35. The molecule has 84 valence electrons. The predicted octanol–water partition coefficient (Wildman–Crippen LogP) is 1.56. The third-order valence-corrected chi connectivity index (χ3v) is 2.29. The van der Waals surface area contributed by atoms with Gasteiger partial charge in [-0.15, -0.1) is 0 Å². The first-order chi connectivity index (χ1) is 6.56. The smallest absolute Gasteiger partial charge is 0.159 e. The predicted molar refractivity (Wildman–Crippen MR) is 55.6 cm³/mol. The molecule has 14 heavy (non-hydrogen) atoms. The Kier molecular flexibility index (Phi) is 7.74. The first-order valence-corrected chi connectivity index (χ1v) is 6.32. The zero-order chi connectivity index (χ0) is 10.9. The van der Waals surface area contributed by atoms with Crippen molar-refractivity contribution in [3.63, 3.8) is 0 Å². The van der Waals surface area contributed by atoms with Crippen LogP contribution in [-0.2, 0) is 10.3 Å². The van der Waals surface area contributed by atoms with E-state index in [0.29, 0.717) is 0 Å². The van der Waals surface area contributed by atoms with Crippen LogP contribution in [0.15, 0.2) is 12.2 Å². The molecule has 0 bridgehead atoms.